The molecule has 1 aromatic carbocycles. The van der Waals surface area contributed by atoms with E-state index in [4.69, 9.17) is 0 Å². The van der Waals surface area contributed by atoms with Crippen LogP contribution in [0.3, 0.4) is 0 Å². The number of hydrogen-bond acceptors (Lipinski definition) is 2. The highest BCUT2D eigenvalue weighted by Gasteiger charge is 2.30. The Kier molecular flexibility index (Phi) is 4.82. The Bertz CT molecular complexity index is 534. The van der Waals surface area contributed by atoms with Gasteiger partial charge in [0.15, 0.2) is 0 Å². The van der Waals surface area contributed by atoms with Gasteiger partial charge in [-0.05, 0) is 75.2 Å². The summed E-state index contributed by atoms with van der Waals surface area (Å²) in [6.45, 7) is 6.56. The van der Waals surface area contributed by atoms with Crippen molar-refractivity contribution in [1.82, 2.24) is 5.32 Å². The summed E-state index contributed by atoms with van der Waals surface area (Å²) in [5.74, 6) is 1.09. The minimum atomic E-state index is 0.278. The van der Waals surface area contributed by atoms with Gasteiger partial charge in [0.1, 0.15) is 0 Å². The van der Waals surface area contributed by atoms with Crippen molar-refractivity contribution >= 4 is 11.6 Å². The number of hydrogen-bond donors (Lipinski definition) is 1. The first-order chi connectivity index (χ1) is 10.7. The molecule has 2 heterocycles. The third-order valence-corrected chi connectivity index (χ3v) is 5.08. The van der Waals surface area contributed by atoms with E-state index >= 15 is 0 Å². The van der Waals surface area contributed by atoms with Crippen LogP contribution in [0.15, 0.2) is 18.2 Å². The number of nitrogens with one attached hydrogen (secondary N) is 1. The molecule has 0 aliphatic carbocycles. The molecule has 3 nitrogen and oxygen atoms in total. The second-order valence-corrected chi connectivity index (χ2v) is 6.93. The minimum absolute atomic E-state index is 0.278. The fraction of sp³-hybridized carbons (Fsp3) is 0.632. The molecule has 2 aliphatic heterocycles. The number of rotatable bonds is 4. The fourth-order valence-electron chi connectivity index (χ4n) is 3.94. The van der Waals surface area contributed by atoms with Crippen LogP contribution in [-0.2, 0) is 17.6 Å². The van der Waals surface area contributed by atoms with Gasteiger partial charge >= 0.3 is 0 Å². The first-order valence-corrected chi connectivity index (χ1v) is 8.83. The summed E-state index contributed by atoms with van der Waals surface area (Å²) in [5.41, 5.74) is 3.96. The molecule has 0 aromatic heterocycles. The highest BCUT2D eigenvalue weighted by Crippen LogP contribution is 2.34. The third-order valence-electron chi connectivity index (χ3n) is 5.08. The molecule has 1 fully saturated rings. The van der Waals surface area contributed by atoms with Gasteiger partial charge in [-0.3, -0.25) is 4.79 Å². The van der Waals surface area contributed by atoms with Crippen LogP contribution < -0.4 is 10.2 Å². The maximum Gasteiger partial charge on any atom is 0.227 e. The van der Waals surface area contributed by atoms with E-state index in [9.17, 15) is 4.79 Å². The zero-order valence-corrected chi connectivity index (χ0v) is 13.9. The second kappa shape index (κ2) is 6.82. The minimum Gasteiger partial charge on any atom is -0.317 e. The maximum atomic E-state index is 12.3. The van der Waals surface area contributed by atoms with Gasteiger partial charge in [0.2, 0.25) is 5.91 Å². The molecule has 1 saturated heterocycles. The Hall–Kier alpha value is -1.35. The van der Waals surface area contributed by atoms with Gasteiger partial charge < -0.3 is 10.2 Å². The SMILES string of the molecule is CCCC(=O)N1c2ccc(CC3CCNCC3)cc2CC1C. The maximum absolute atomic E-state index is 12.3. The largest absolute Gasteiger partial charge is 0.317 e. The molecule has 1 aromatic rings. The van der Waals surface area contributed by atoms with E-state index in [0.29, 0.717) is 12.5 Å². The van der Waals surface area contributed by atoms with Crippen LogP contribution in [0.5, 0.6) is 0 Å². The molecule has 0 spiro atoms. The van der Waals surface area contributed by atoms with E-state index in [1.54, 1.807) is 0 Å². The van der Waals surface area contributed by atoms with Crippen LogP contribution in [0.2, 0.25) is 0 Å². The number of amides is 1. The van der Waals surface area contributed by atoms with Crippen molar-refractivity contribution in [1.29, 1.82) is 0 Å². The summed E-state index contributed by atoms with van der Waals surface area (Å²) in [4.78, 5) is 14.4. The highest BCUT2D eigenvalue weighted by molar-refractivity contribution is 5.96. The molecular formula is C19H28N2O. The van der Waals surface area contributed by atoms with Crippen molar-refractivity contribution in [2.24, 2.45) is 5.92 Å². The summed E-state index contributed by atoms with van der Waals surface area (Å²) in [6, 6.07) is 7.09. The molecule has 120 valence electrons. The lowest BCUT2D eigenvalue weighted by atomic mass is 9.90. The summed E-state index contributed by atoms with van der Waals surface area (Å²) in [7, 11) is 0. The first kappa shape index (κ1) is 15.5. The molecule has 0 bridgehead atoms. The van der Waals surface area contributed by atoms with Crippen molar-refractivity contribution in [3.63, 3.8) is 0 Å². The molecule has 2 aliphatic rings. The van der Waals surface area contributed by atoms with Crippen molar-refractivity contribution in [3.8, 4) is 0 Å². The fourth-order valence-corrected chi connectivity index (χ4v) is 3.94. The van der Waals surface area contributed by atoms with Gasteiger partial charge in [-0.15, -0.1) is 0 Å². The number of anilines is 1. The van der Waals surface area contributed by atoms with Gasteiger partial charge in [0.25, 0.3) is 0 Å². The Morgan fingerprint density at radius 2 is 2.09 bits per heavy atom. The number of piperidine rings is 1. The quantitative estimate of drug-likeness (QED) is 0.925. The standard InChI is InChI=1S/C19H28N2O/c1-3-4-19(22)21-14(2)11-17-13-16(5-6-18(17)21)12-15-7-9-20-10-8-15/h5-6,13-15,20H,3-4,7-12H2,1-2H3. The lowest BCUT2D eigenvalue weighted by Crippen LogP contribution is -2.35. The van der Waals surface area contributed by atoms with Gasteiger partial charge in [0, 0.05) is 18.2 Å². The van der Waals surface area contributed by atoms with E-state index in [0.717, 1.165) is 37.5 Å². The van der Waals surface area contributed by atoms with E-state index < -0.39 is 0 Å². The number of benzene rings is 1. The number of carbonyl (C=O) groups is 1. The van der Waals surface area contributed by atoms with E-state index in [-0.39, 0.29) is 5.91 Å². The van der Waals surface area contributed by atoms with Gasteiger partial charge in [-0.25, -0.2) is 0 Å². The predicted octanol–water partition coefficient (Wildman–Crippen LogP) is 3.31. The monoisotopic (exact) mass is 300 g/mol. The van der Waals surface area contributed by atoms with Gasteiger partial charge in [-0.2, -0.15) is 0 Å². The van der Waals surface area contributed by atoms with Crippen LogP contribution in [0.25, 0.3) is 0 Å². The van der Waals surface area contributed by atoms with Crippen molar-refractivity contribution < 1.29 is 4.79 Å². The third kappa shape index (κ3) is 3.19. The Balaban J connectivity index is 1.74. The van der Waals surface area contributed by atoms with Gasteiger partial charge in [-0.1, -0.05) is 19.1 Å². The smallest absolute Gasteiger partial charge is 0.227 e. The van der Waals surface area contributed by atoms with Crippen LogP contribution in [0.1, 0.15) is 50.7 Å². The molecule has 1 atom stereocenters. The predicted molar refractivity (Wildman–Crippen MR) is 91.3 cm³/mol. The molecule has 22 heavy (non-hydrogen) atoms. The van der Waals surface area contributed by atoms with E-state index in [2.05, 4.69) is 37.4 Å². The average molecular weight is 300 g/mol. The van der Waals surface area contributed by atoms with E-state index in [1.807, 2.05) is 4.90 Å². The van der Waals surface area contributed by atoms with Crippen molar-refractivity contribution in [3.05, 3.63) is 29.3 Å². The summed E-state index contributed by atoms with van der Waals surface area (Å²) < 4.78 is 0. The molecule has 1 amide bonds. The average Bonchev–Trinajstić information content (AvgIpc) is 2.83. The molecule has 3 heteroatoms. The summed E-state index contributed by atoms with van der Waals surface area (Å²) in [5, 5.41) is 3.43. The lowest BCUT2D eigenvalue weighted by molar-refractivity contribution is -0.118. The Morgan fingerprint density at radius 1 is 1.32 bits per heavy atom. The van der Waals surface area contributed by atoms with Crippen LogP contribution >= 0.6 is 0 Å². The normalized spacial score (nSPS) is 21.9. The highest BCUT2D eigenvalue weighted by atomic mass is 16.2. The van der Waals surface area contributed by atoms with E-state index in [1.165, 1.54) is 30.4 Å². The first-order valence-electron chi connectivity index (χ1n) is 8.83. The second-order valence-electron chi connectivity index (χ2n) is 6.93. The number of nitrogens with zero attached hydrogens (tertiary/aromatic N) is 1. The Morgan fingerprint density at radius 3 is 2.82 bits per heavy atom. The summed E-state index contributed by atoms with van der Waals surface area (Å²) >= 11 is 0. The van der Waals surface area contributed by atoms with Gasteiger partial charge in [0.05, 0.1) is 0 Å². The Labute approximate surface area is 134 Å². The summed E-state index contributed by atoms with van der Waals surface area (Å²) in [6.07, 6.45) is 6.34. The zero-order chi connectivity index (χ0) is 15.5. The topological polar surface area (TPSA) is 32.3 Å². The lowest BCUT2D eigenvalue weighted by Gasteiger charge is -2.24. The van der Waals surface area contributed by atoms with Crippen molar-refractivity contribution in [2.45, 2.75) is 58.4 Å². The molecule has 1 N–H and O–H groups in total. The number of fused-ring (bicyclic) bond motifs is 1. The molecule has 1 unspecified atom stereocenters. The zero-order valence-electron chi connectivity index (χ0n) is 13.9. The molecular weight excluding hydrogens is 272 g/mol. The number of carbonyl (C=O) groups excluding carboxylic acids is 1. The molecule has 0 saturated carbocycles. The van der Waals surface area contributed by atoms with Crippen molar-refractivity contribution in [2.75, 3.05) is 18.0 Å². The van der Waals surface area contributed by atoms with Crippen LogP contribution in [-0.4, -0.2) is 25.0 Å². The molecule has 3 rings (SSSR count). The van der Waals surface area contributed by atoms with Crippen LogP contribution in [0, 0.1) is 5.92 Å². The molecule has 0 radical (unpaired) electrons. The van der Waals surface area contributed by atoms with Crippen LogP contribution in [0.4, 0.5) is 5.69 Å².